The van der Waals surface area contributed by atoms with E-state index in [4.69, 9.17) is 5.11 Å². The molecular weight excluding hydrogens is 292 g/mol. The van der Waals surface area contributed by atoms with Gasteiger partial charge in [-0.15, -0.1) is 11.3 Å². The molecule has 0 aliphatic carbocycles. The lowest BCUT2D eigenvalue weighted by Gasteiger charge is -1.95. The molecule has 0 aliphatic heterocycles. The van der Waals surface area contributed by atoms with E-state index in [0.29, 0.717) is 5.69 Å². The molecule has 84 valence electrons. The van der Waals surface area contributed by atoms with Crippen LogP contribution in [-0.4, -0.2) is 21.3 Å². The van der Waals surface area contributed by atoms with Crippen LogP contribution in [0.3, 0.4) is 0 Å². The van der Waals surface area contributed by atoms with Crippen molar-refractivity contribution >= 4 is 33.2 Å². The van der Waals surface area contributed by atoms with E-state index in [1.807, 2.05) is 19.1 Å². The van der Waals surface area contributed by atoms with Crippen molar-refractivity contribution in [2.24, 2.45) is 0 Å². The number of aromatic amines is 1. The Morgan fingerprint density at radius 1 is 1.62 bits per heavy atom. The van der Waals surface area contributed by atoms with Gasteiger partial charge in [0, 0.05) is 5.69 Å². The summed E-state index contributed by atoms with van der Waals surface area (Å²) in [6, 6.07) is 3.91. The van der Waals surface area contributed by atoms with Crippen LogP contribution in [0.4, 0.5) is 0 Å². The summed E-state index contributed by atoms with van der Waals surface area (Å²) in [5, 5.41) is 15.6. The molecule has 4 nitrogen and oxygen atoms in total. The van der Waals surface area contributed by atoms with Crippen LogP contribution in [0.1, 0.15) is 11.3 Å². The molecule has 0 spiro atoms. The molecule has 0 bridgehead atoms. The Kier molecular flexibility index (Phi) is 3.11. The summed E-state index contributed by atoms with van der Waals surface area (Å²) in [6.45, 7) is 1.88. The van der Waals surface area contributed by atoms with Gasteiger partial charge >= 0.3 is 5.97 Å². The third kappa shape index (κ3) is 2.17. The van der Waals surface area contributed by atoms with Crippen molar-refractivity contribution in [2.75, 3.05) is 0 Å². The zero-order valence-electron chi connectivity index (χ0n) is 8.45. The number of carbonyl (C=O) groups is 1. The van der Waals surface area contributed by atoms with Gasteiger partial charge in [-0.2, -0.15) is 5.10 Å². The molecule has 2 rings (SSSR count). The molecule has 0 saturated carbocycles. The standard InChI is InChI=1S/C10H9BrN2O2S/c1-5-6(4-9(14)15)12-13-10(5)7-2-3-8(11)16-7/h2-3H,4H2,1H3,(H,12,13)(H,14,15). The lowest BCUT2D eigenvalue weighted by Crippen LogP contribution is -2.01. The minimum absolute atomic E-state index is 0.0224. The van der Waals surface area contributed by atoms with Crippen LogP contribution in [0.5, 0.6) is 0 Å². The number of nitrogens with one attached hydrogen (secondary N) is 1. The highest BCUT2D eigenvalue weighted by atomic mass is 79.9. The van der Waals surface area contributed by atoms with Crippen LogP contribution in [0.25, 0.3) is 10.6 Å². The Bertz CT molecular complexity index is 533. The number of H-pyrrole nitrogens is 1. The Hall–Kier alpha value is -1.14. The molecular formula is C10H9BrN2O2S. The van der Waals surface area contributed by atoms with E-state index >= 15 is 0 Å². The number of halogens is 1. The van der Waals surface area contributed by atoms with Crippen molar-refractivity contribution in [1.82, 2.24) is 10.2 Å². The van der Waals surface area contributed by atoms with Crippen molar-refractivity contribution in [3.05, 3.63) is 27.2 Å². The minimum atomic E-state index is -0.856. The predicted octanol–water partition coefficient (Wildman–Crippen LogP) is 2.84. The third-order valence-corrected chi connectivity index (χ3v) is 3.88. The molecule has 2 aromatic heterocycles. The zero-order chi connectivity index (χ0) is 11.7. The number of hydrogen-bond acceptors (Lipinski definition) is 3. The van der Waals surface area contributed by atoms with Crippen molar-refractivity contribution in [1.29, 1.82) is 0 Å². The van der Waals surface area contributed by atoms with E-state index in [-0.39, 0.29) is 6.42 Å². The maximum absolute atomic E-state index is 10.6. The Balaban J connectivity index is 2.36. The van der Waals surface area contributed by atoms with Crippen LogP contribution in [-0.2, 0) is 11.2 Å². The summed E-state index contributed by atoms with van der Waals surface area (Å²) >= 11 is 4.96. The first-order valence-corrected chi connectivity index (χ1v) is 6.20. The van der Waals surface area contributed by atoms with Gasteiger partial charge in [-0.05, 0) is 40.5 Å². The first-order chi connectivity index (χ1) is 7.58. The van der Waals surface area contributed by atoms with Crippen LogP contribution >= 0.6 is 27.3 Å². The van der Waals surface area contributed by atoms with Gasteiger partial charge in [-0.3, -0.25) is 9.89 Å². The second-order valence-electron chi connectivity index (χ2n) is 3.35. The normalized spacial score (nSPS) is 10.6. The second-order valence-corrected chi connectivity index (χ2v) is 5.81. The molecule has 0 aliphatic rings. The number of hydrogen-bond donors (Lipinski definition) is 2. The van der Waals surface area contributed by atoms with E-state index in [2.05, 4.69) is 26.1 Å². The molecule has 0 aromatic carbocycles. The highest BCUT2D eigenvalue weighted by Crippen LogP contribution is 2.32. The van der Waals surface area contributed by atoms with Gasteiger partial charge in [0.25, 0.3) is 0 Å². The van der Waals surface area contributed by atoms with Crippen LogP contribution in [0.15, 0.2) is 15.9 Å². The summed E-state index contributed by atoms with van der Waals surface area (Å²) in [6.07, 6.45) is -0.0224. The predicted molar refractivity (Wildman–Crippen MR) is 65.7 cm³/mol. The molecule has 0 atom stereocenters. The van der Waals surface area contributed by atoms with E-state index in [1.165, 1.54) is 0 Å². The highest BCUT2D eigenvalue weighted by molar-refractivity contribution is 9.11. The van der Waals surface area contributed by atoms with Gasteiger partial charge in [0.1, 0.15) is 5.69 Å². The quantitative estimate of drug-likeness (QED) is 0.916. The van der Waals surface area contributed by atoms with E-state index < -0.39 is 5.97 Å². The summed E-state index contributed by atoms with van der Waals surface area (Å²) in [7, 11) is 0. The number of thiophene rings is 1. The number of aliphatic carboxylic acids is 1. The summed E-state index contributed by atoms with van der Waals surface area (Å²) in [5.74, 6) is -0.856. The van der Waals surface area contributed by atoms with Gasteiger partial charge in [-0.1, -0.05) is 0 Å². The highest BCUT2D eigenvalue weighted by Gasteiger charge is 2.14. The van der Waals surface area contributed by atoms with Crippen molar-refractivity contribution in [3.8, 4) is 10.6 Å². The van der Waals surface area contributed by atoms with Gasteiger partial charge in [0.15, 0.2) is 0 Å². The fourth-order valence-corrected chi connectivity index (χ4v) is 2.87. The van der Waals surface area contributed by atoms with Crippen LogP contribution in [0, 0.1) is 6.92 Å². The molecule has 16 heavy (non-hydrogen) atoms. The summed E-state index contributed by atoms with van der Waals surface area (Å²) in [5.41, 5.74) is 2.38. The molecule has 0 unspecified atom stereocenters. The molecule has 0 amide bonds. The molecule has 0 fully saturated rings. The molecule has 2 N–H and O–H groups in total. The van der Waals surface area contributed by atoms with Gasteiger partial charge in [-0.25, -0.2) is 0 Å². The number of carboxylic acids is 1. The number of nitrogens with zero attached hydrogens (tertiary/aromatic N) is 1. The lowest BCUT2D eigenvalue weighted by atomic mass is 10.1. The fraction of sp³-hybridized carbons (Fsp3) is 0.200. The molecule has 2 heterocycles. The maximum atomic E-state index is 10.6. The molecule has 0 radical (unpaired) electrons. The van der Waals surface area contributed by atoms with Gasteiger partial charge in [0.05, 0.1) is 15.1 Å². The number of carboxylic acid groups (broad SMARTS) is 1. The minimum Gasteiger partial charge on any atom is -0.481 e. The fourth-order valence-electron chi connectivity index (χ4n) is 1.44. The maximum Gasteiger partial charge on any atom is 0.309 e. The number of rotatable bonds is 3. The second kappa shape index (κ2) is 4.39. The Morgan fingerprint density at radius 2 is 2.38 bits per heavy atom. The summed E-state index contributed by atoms with van der Waals surface area (Å²) < 4.78 is 1.03. The van der Waals surface area contributed by atoms with Crippen molar-refractivity contribution in [2.45, 2.75) is 13.3 Å². The van der Waals surface area contributed by atoms with Gasteiger partial charge < -0.3 is 5.11 Å². The molecule has 2 aromatic rings. The monoisotopic (exact) mass is 300 g/mol. The van der Waals surface area contributed by atoms with Gasteiger partial charge in [0.2, 0.25) is 0 Å². The van der Waals surface area contributed by atoms with Crippen molar-refractivity contribution < 1.29 is 9.90 Å². The largest absolute Gasteiger partial charge is 0.481 e. The average Bonchev–Trinajstić information content (AvgIpc) is 2.74. The first-order valence-electron chi connectivity index (χ1n) is 4.59. The average molecular weight is 301 g/mol. The first kappa shape index (κ1) is 11.3. The summed E-state index contributed by atoms with van der Waals surface area (Å²) in [4.78, 5) is 11.6. The molecule has 6 heteroatoms. The smallest absolute Gasteiger partial charge is 0.309 e. The van der Waals surface area contributed by atoms with Crippen LogP contribution < -0.4 is 0 Å². The molecule has 0 saturated heterocycles. The third-order valence-electron chi connectivity index (χ3n) is 2.25. The Morgan fingerprint density at radius 3 is 2.94 bits per heavy atom. The van der Waals surface area contributed by atoms with E-state index in [9.17, 15) is 4.79 Å². The lowest BCUT2D eigenvalue weighted by molar-refractivity contribution is -0.136. The SMILES string of the molecule is Cc1c(-c2ccc(Br)s2)n[nH]c1CC(=O)O. The van der Waals surface area contributed by atoms with Crippen molar-refractivity contribution in [3.63, 3.8) is 0 Å². The Labute approximate surface area is 104 Å². The van der Waals surface area contributed by atoms with Crippen LogP contribution in [0.2, 0.25) is 0 Å². The van der Waals surface area contributed by atoms with E-state index in [0.717, 1.165) is 19.9 Å². The van der Waals surface area contributed by atoms with E-state index in [1.54, 1.807) is 11.3 Å². The zero-order valence-corrected chi connectivity index (χ0v) is 10.9. The topological polar surface area (TPSA) is 66.0 Å². The number of aromatic nitrogens is 2.